The van der Waals surface area contributed by atoms with Gasteiger partial charge in [-0.15, -0.1) is 0 Å². The smallest absolute Gasteiger partial charge is 0.260 e. The van der Waals surface area contributed by atoms with E-state index in [1.54, 1.807) is 18.2 Å². The molecule has 3 rings (SSSR count). The zero-order valence-corrected chi connectivity index (χ0v) is 11.5. The predicted molar refractivity (Wildman–Crippen MR) is 74.1 cm³/mol. The maximum Gasteiger partial charge on any atom is 0.260 e. The lowest BCUT2D eigenvalue weighted by atomic mass is 10.4. The van der Waals surface area contributed by atoms with Gasteiger partial charge in [-0.1, -0.05) is 18.2 Å². The minimum absolute atomic E-state index is 0.0814. The third kappa shape index (κ3) is 2.69. The molecule has 2 heterocycles. The molecule has 0 aliphatic heterocycles. The van der Waals surface area contributed by atoms with Crippen LogP contribution < -0.4 is 10.3 Å². The lowest BCUT2D eigenvalue weighted by Crippen LogP contribution is -2.25. The Bertz CT molecular complexity index is 930. The first-order valence-corrected chi connectivity index (χ1v) is 7.51. The molecule has 0 fully saturated rings. The fourth-order valence-electron chi connectivity index (χ4n) is 1.82. The van der Waals surface area contributed by atoms with Crippen LogP contribution in [0.3, 0.4) is 0 Å². The molecule has 2 aromatic heterocycles. The first kappa shape index (κ1) is 13.5. The molecule has 0 saturated carbocycles. The van der Waals surface area contributed by atoms with Crippen LogP contribution in [0.4, 0.5) is 0 Å². The Hall–Kier alpha value is -2.52. The van der Waals surface area contributed by atoms with Crippen molar-refractivity contribution >= 4 is 15.8 Å². The number of nitrogens with zero attached hydrogens (tertiary/aromatic N) is 3. The van der Waals surface area contributed by atoms with E-state index in [0.717, 1.165) is 0 Å². The SMILES string of the molecule is O=c1cc(CNS(=O)(=O)c2ccccc2)nc2[nH]ncn12. The first-order valence-electron chi connectivity index (χ1n) is 6.03. The van der Waals surface area contributed by atoms with Crippen molar-refractivity contribution in [1.29, 1.82) is 0 Å². The fourth-order valence-corrected chi connectivity index (χ4v) is 2.84. The molecule has 8 nitrogen and oxygen atoms in total. The molecule has 9 heteroatoms. The van der Waals surface area contributed by atoms with Gasteiger partial charge in [-0.05, 0) is 12.1 Å². The van der Waals surface area contributed by atoms with Crippen LogP contribution in [0.1, 0.15) is 5.69 Å². The van der Waals surface area contributed by atoms with E-state index in [-0.39, 0.29) is 22.8 Å². The van der Waals surface area contributed by atoms with Gasteiger partial charge in [-0.2, -0.15) is 5.10 Å². The van der Waals surface area contributed by atoms with Gasteiger partial charge in [0.05, 0.1) is 17.1 Å². The summed E-state index contributed by atoms with van der Waals surface area (Å²) in [4.78, 5) is 16.0. The third-order valence-electron chi connectivity index (χ3n) is 2.84. The van der Waals surface area contributed by atoms with Crippen molar-refractivity contribution in [3.05, 3.63) is 58.8 Å². The Morgan fingerprint density at radius 2 is 2.00 bits per heavy atom. The molecule has 0 atom stereocenters. The number of sulfonamides is 1. The fraction of sp³-hybridized carbons (Fsp3) is 0.0833. The minimum Gasteiger partial charge on any atom is -0.269 e. The van der Waals surface area contributed by atoms with Gasteiger partial charge in [0, 0.05) is 6.07 Å². The Labute approximate surface area is 119 Å². The summed E-state index contributed by atoms with van der Waals surface area (Å²) in [5, 5.41) is 6.25. The van der Waals surface area contributed by atoms with E-state index in [2.05, 4.69) is 19.9 Å². The number of fused-ring (bicyclic) bond motifs is 1. The molecule has 0 saturated heterocycles. The average Bonchev–Trinajstić information content (AvgIpc) is 2.95. The summed E-state index contributed by atoms with van der Waals surface area (Å²) in [5.74, 6) is 0.261. The molecule has 0 unspecified atom stereocenters. The van der Waals surface area contributed by atoms with E-state index in [1.807, 2.05) is 0 Å². The lowest BCUT2D eigenvalue weighted by Gasteiger charge is -2.06. The molecule has 108 valence electrons. The Kier molecular flexibility index (Phi) is 3.28. The number of aromatic amines is 1. The second-order valence-corrected chi connectivity index (χ2v) is 6.04. The van der Waals surface area contributed by atoms with Gasteiger partial charge in [0.2, 0.25) is 15.8 Å². The number of hydrogen-bond acceptors (Lipinski definition) is 5. The molecule has 21 heavy (non-hydrogen) atoms. The zero-order chi connectivity index (χ0) is 14.9. The van der Waals surface area contributed by atoms with Crippen molar-refractivity contribution in [2.24, 2.45) is 0 Å². The van der Waals surface area contributed by atoms with E-state index in [9.17, 15) is 13.2 Å². The highest BCUT2D eigenvalue weighted by Gasteiger charge is 2.13. The zero-order valence-electron chi connectivity index (χ0n) is 10.7. The second kappa shape index (κ2) is 5.11. The van der Waals surface area contributed by atoms with Crippen LogP contribution in [0.2, 0.25) is 0 Å². The molecule has 3 aromatic rings. The highest BCUT2D eigenvalue weighted by atomic mass is 32.2. The van der Waals surface area contributed by atoms with Crippen LogP contribution in [0.15, 0.2) is 52.4 Å². The molecule has 0 radical (unpaired) electrons. The van der Waals surface area contributed by atoms with Gasteiger partial charge in [0.25, 0.3) is 5.56 Å². The topological polar surface area (TPSA) is 109 Å². The quantitative estimate of drug-likeness (QED) is 0.699. The summed E-state index contributed by atoms with van der Waals surface area (Å²) in [7, 11) is -3.64. The standard InChI is InChI=1S/C12H11N5O3S/c18-11-6-9(15-12-16-13-8-17(11)12)7-14-21(19,20)10-4-2-1-3-5-10/h1-6,8,14H,7H2,(H,15,16). The predicted octanol–water partition coefficient (Wildman–Crippen LogP) is -0.104. The number of benzene rings is 1. The first-order chi connectivity index (χ1) is 10.1. The van der Waals surface area contributed by atoms with Gasteiger partial charge < -0.3 is 0 Å². The van der Waals surface area contributed by atoms with Crippen LogP contribution in [0.25, 0.3) is 5.78 Å². The summed E-state index contributed by atoms with van der Waals surface area (Å²) in [5.41, 5.74) is -0.0218. The van der Waals surface area contributed by atoms with Crippen LogP contribution in [0.5, 0.6) is 0 Å². The molecular weight excluding hydrogens is 294 g/mol. The summed E-state index contributed by atoms with van der Waals surface area (Å²) in [6, 6.07) is 9.24. The van der Waals surface area contributed by atoms with Gasteiger partial charge in [0.1, 0.15) is 6.33 Å². The Morgan fingerprint density at radius 1 is 1.24 bits per heavy atom. The van der Waals surface area contributed by atoms with E-state index >= 15 is 0 Å². The van der Waals surface area contributed by atoms with Crippen LogP contribution in [-0.2, 0) is 16.6 Å². The Morgan fingerprint density at radius 3 is 2.76 bits per heavy atom. The van der Waals surface area contributed by atoms with Crippen molar-refractivity contribution in [2.45, 2.75) is 11.4 Å². The molecule has 0 amide bonds. The number of H-pyrrole nitrogens is 1. The molecule has 2 N–H and O–H groups in total. The summed E-state index contributed by atoms with van der Waals surface area (Å²) < 4.78 is 27.8. The third-order valence-corrected chi connectivity index (χ3v) is 4.26. The molecule has 0 aliphatic carbocycles. The van der Waals surface area contributed by atoms with E-state index < -0.39 is 10.0 Å². The average molecular weight is 305 g/mol. The minimum atomic E-state index is -3.64. The van der Waals surface area contributed by atoms with E-state index in [4.69, 9.17) is 0 Å². The lowest BCUT2D eigenvalue weighted by molar-refractivity contribution is 0.580. The maximum absolute atomic E-state index is 12.1. The molecule has 0 bridgehead atoms. The van der Waals surface area contributed by atoms with Crippen LogP contribution in [-0.4, -0.2) is 28.0 Å². The summed E-state index contributed by atoms with van der Waals surface area (Å²) in [6.07, 6.45) is 1.31. The van der Waals surface area contributed by atoms with Crippen molar-refractivity contribution in [3.63, 3.8) is 0 Å². The van der Waals surface area contributed by atoms with Crippen molar-refractivity contribution in [1.82, 2.24) is 24.3 Å². The van der Waals surface area contributed by atoms with Gasteiger partial charge in [-0.3, -0.25) is 4.79 Å². The molecule has 0 spiro atoms. The van der Waals surface area contributed by atoms with Gasteiger partial charge in [-0.25, -0.2) is 27.6 Å². The number of rotatable bonds is 4. The largest absolute Gasteiger partial charge is 0.269 e. The summed E-state index contributed by atoms with van der Waals surface area (Å²) >= 11 is 0. The number of nitrogens with one attached hydrogen (secondary N) is 2. The van der Waals surface area contributed by atoms with Gasteiger partial charge >= 0.3 is 0 Å². The normalized spacial score (nSPS) is 11.8. The van der Waals surface area contributed by atoms with Crippen LogP contribution in [0, 0.1) is 0 Å². The van der Waals surface area contributed by atoms with E-state index in [1.165, 1.54) is 28.9 Å². The summed E-state index contributed by atoms with van der Waals surface area (Å²) in [6.45, 7) is -0.0814. The molecule has 0 aliphatic rings. The molecule has 1 aromatic carbocycles. The maximum atomic E-state index is 12.1. The number of hydrogen-bond donors (Lipinski definition) is 2. The van der Waals surface area contributed by atoms with Crippen LogP contribution >= 0.6 is 0 Å². The highest BCUT2D eigenvalue weighted by molar-refractivity contribution is 7.89. The number of aromatic nitrogens is 4. The monoisotopic (exact) mass is 305 g/mol. The van der Waals surface area contributed by atoms with Crippen molar-refractivity contribution in [3.8, 4) is 0 Å². The second-order valence-electron chi connectivity index (χ2n) is 4.27. The van der Waals surface area contributed by atoms with Gasteiger partial charge in [0.15, 0.2) is 0 Å². The molecular formula is C12H11N5O3S. The highest BCUT2D eigenvalue weighted by Crippen LogP contribution is 2.07. The van der Waals surface area contributed by atoms with Crippen molar-refractivity contribution in [2.75, 3.05) is 0 Å². The van der Waals surface area contributed by atoms with E-state index in [0.29, 0.717) is 5.69 Å². The van der Waals surface area contributed by atoms with Crippen molar-refractivity contribution < 1.29 is 8.42 Å². The Balaban J connectivity index is 1.85.